The molecule has 7 heteroatoms. The quantitative estimate of drug-likeness (QED) is 0.687. The summed E-state index contributed by atoms with van der Waals surface area (Å²) in [5.74, 6) is -0.953. The summed E-state index contributed by atoms with van der Waals surface area (Å²) in [4.78, 5) is 23.6. The number of nitrogens with one attached hydrogen (secondary N) is 1. The van der Waals surface area contributed by atoms with Crippen LogP contribution in [0.2, 0.25) is 0 Å². The van der Waals surface area contributed by atoms with E-state index in [0.717, 1.165) is 0 Å². The fourth-order valence-corrected chi connectivity index (χ4v) is 1.39. The Hall–Kier alpha value is -2.02. The molecular formula is C11H16N2O5. The molecule has 1 aromatic heterocycles. The molecule has 100 valence electrons. The Bertz CT molecular complexity index is 415. The largest absolute Gasteiger partial charge is 0.475 e. The van der Waals surface area contributed by atoms with Crippen molar-refractivity contribution < 1.29 is 24.2 Å². The molecular weight excluding hydrogens is 240 g/mol. The first kappa shape index (κ1) is 14.0. The molecule has 1 rings (SSSR count). The van der Waals surface area contributed by atoms with E-state index in [2.05, 4.69) is 5.32 Å². The van der Waals surface area contributed by atoms with Crippen molar-refractivity contribution in [1.82, 2.24) is 10.2 Å². The third-order valence-electron chi connectivity index (χ3n) is 2.33. The molecule has 3 N–H and O–H groups in total. The molecule has 0 aliphatic rings. The zero-order valence-corrected chi connectivity index (χ0v) is 10.0. The first-order valence-electron chi connectivity index (χ1n) is 5.54. The second-order valence-electron chi connectivity index (χ2n) is 3.53. The van der Waals surface area contributed by atoms with Crippen LogP contribution >= 0.6 is 0 Å². The number of nitrogens with zero attached hydrogens (tertiary/aromatic N) is 1. The molecule has 2 amide bonds. The number of furan rings is 1. The van der Waals surface area contributed by atoms with Gasteiger partial charge in [0.2, 0.25) is 5.76 Å². The highest BCUT2D eigenvalue weighted by molar-refractivity contribution is 5.84. The number of carbonyl (C=O) groups is 2. The lowest BCUT2D eigenvalue weighted by atomic mass is 10.4. The van der Waals surface area contributed by atoms with Crippen molar-refractivity contribution in [2.45, 2.75) is 13.5 Å². The third-order valence-corrected chi connectivity index (χ3v) is 2.33. The molecule has 1 aromatic rings. The minimum absolute atomic E-state index is 0.105. The predicted molar refractivity (Wildman–Crippen MR) is 62.2 cm³/mol. The van der Waals surface area contributed by atoms with Crippen LogP contribution in [-0.2, 0) is 6.54 Å². The lowest BCUT2D eigenvalue weighted by molar-refractivity contribution is 0.0660. The fourth-order valence-electron chi connectivity index (χ4n) is 1.39. The molecule has 0 saturated carbocycles. The van der Waals surface area contributed by atoms with Gasteiger partial charge in [0.25, 0.3) is 0 Å². The molecule has 1 heterocycles. The monoisotopic (exact) mass is 256 g/mol. The number of likely N-dealkylation sites (N-methyl/N-ethyl adjacent to an activating group) is 1. The highest BCUT2D eigenvalue weighted by atomic mass is 16.4. The van der Waals surface area contributed by atoms with E-state index in [9.17, 15) is 9.59 Å². The van der Waals surface area contributed by atoms with Crippen molar-refractivity contribution in [1.29, 1.82) is 0 Å². The first-order chi connectivity index (χ1) is 8.58. The van der Waals surface area contributed by atoms with Crippen molar-refractivity contribution >= 4 is 12.0 Å². The van der Waals surface area contributed by atoms with E-state index in [0.29, 0.717) is 12.3 Å². The summed E-state index contributed by atoms with van der Waals surface area (Å²) in [6.45, 7) is 2.52. The molecule has 0 aromatic carbocycles. The number of hydrogen-bond acceptors (Lipinski definition) is 4. The number of aliphatic hydroxyl groups is 1. The summed E-state index contributed by atoms with van der Waals surface area (Å²) >= 11 is 0. The average Bonchev–Trinajstić information content (AvgIpc) is 2.82. The molecule has 7 nitrogen and oxygen atoms in total. The summed E-state index contributed by atoms with van der Waals surface area (Å²) in [7, 11) is 0. The number of carboxylic acid groups (broad SMARTS) is 1. The molecule has 0 spiro atoms. The Morgan fingerprint density at radius 1 is 1.44 bits per heavy atom. The van der Waals surface area contributed by atoms with Gasteiger partial charge >= 0.3 is 12.0 Å². The third kappa shape index (κ3) is 3.77. The van der Waals surface area contributed by atoms with E-state index in [4.69, 9.17) is 14.6 Å². The van der Waals surface area contributed by atoms with Crippen LogP contribution < -0.4 is 5.32 Å². The minimum Gasteiger partial charge on any atom is -0.475 e. The fraction of sp³-hybridized carbons (Fsp3) is 0.455. The van der Waals surface area contributed by atoms with Crippen LogP contribution in [-0.4, -0.2) is 46.8 Å². The van der Waals surface area contributed by atoms with Gasteiger partial charge in [-0.05, 0) is 19.1 Å². The normalized spacial score (nSPS) is 10.1. The van der Waals surface area contributed by atoms with E-state index >= 15 is 0 Å². The topological polar surface area (TPSA) is 103 Å². The van der Waals surface area contributed by atoms with Crippen molar-refractivity contribution in [2.24, 2.45) is 0 Å². The zero-order valence-electron chi connectivity index (χ0n) is 10.0. The van der Waals surface area contributed by atoms with Gasteiger partial charge < -0.3 is 24.8 Å². The summed E-state index contributed by atoms with van der Waals surface area (Å²) in [5, 5.41) is 20.0. The number of carbonyl (C=O) groups excluding carboxylic acids is 1. The summed E-state index contributed by atoms with van der Waals surface area (Å²) in [6.07, 6.45) is 0. The SMILES string of the molecule is CCN(CCO)C(=O)NCc1ccc(C(=O)O)o1. The lowest BCUT2D eigenvalue weighted by Crippen LogP contribution is -2.40. The molecule has 0 saturated heterocycles. The van der Waals surface area contributed by atoms with Gasteiger partial charge in [-0.1, -0.05) is 0 Å². The van der Waals surface area contributed by atoms with Gasteiger partial charge in [0, 0.05) is 13.1 Å². The van der Waals surface area contributed by atoms with Crippen LogP contribution in [0.4, 0.5) is 4.79 Å². The summed E-state index contributed by atoms with van der Waals surface area (Å²) in [6, 6.07) is 2.49. The predicted octanol–water partition coefficient (Wildman–Crippen LogP) is 0.502. The molecule has 18 heavy (non-hydrogen) atoms. The average molecular weight is 256 g/mol. The van der Waals surface area contributed by atoms with Gasteiger partial charge in [0.15, 0.2) is 0 Å². The number of hydrogen-bond donors (Lipinski definition) is 3. The minimum atomic E-state index is -1.15. The number of aromatic carboxylic acids is 1. The number of urea groups is 1. The number of rotatable bonds is 6. The van der Waals surface area contributed by atoms with Crippen molar-refractivity contribution in [3.8, 4) is 0 Å². The van der Waals surface area contributed by atoms with Crippen LogP contribution in [0.25, 0.3) is 0 Å². The summed E-state index contributed by atoms with van der Waals surface area (Å²) < 4.78 is 4.99. The number of aliphatic hydroxyl groups excluding tert-OH is 1. The molecule has 0 bridgehead atoms. The van der Waals surface area contributed by atoms with Gasteiger partial charge in [0.1, 0.15) is 5.76 Å². The van der Waals surface area contributed by atoms with Crippen LogP contribution in [0.1, 0.15) is 23.2 Å². The van der Waals surface area contributed by atoms with Gasteiger partial charge in [-0.2, -0.15) is 0 Å². The second-order valence-corrected chi connectivity index (χ2v) is 3.53. The van der Waals surface area contributed by atoms with Crippen LogP contribution in [0.3, 0.4) is 0 Å². The van der Waals surface area contributed by atoms with E-state index in [1.165, 1.54) is 17.0 Å². The van der Waals surface area contributed by atoms with Gasteiger partial charge in [0.05, 0.1) is 13.2 Å². The zero-order chi connectivity index (χ0) is 13.5. The summed E-state index contributed by atoms with van der Waals surface area (Å²) in [5.41, 5.74) is 0. The van der Waals surface area contributed by atoms with Gasteiger partial charge in [-0.15, -0.1) is 0 Å². The van der Waals surface area contributed by atoms with E-state index in [-0.39, 0.29) is 31.5 Å². The van der Waals surface area contributed by atoms with Crippen LogP contribution in [0.5, 0.6) is 0 Å². The molecule has 0 fully saturated rings. The Labute approximate surface area is 104 Å². The molecule has 0 unspecified atom stereocenters. The smallest absolute Gasteiger partial charge is 0.371 e. The highest BCUT2D eigenvalue weighted by Crippen LogP contribution is 2.07. The van der Waals surface area contributed by atoms with Gasteiger partial charge in [-0.3, -0.25) is 0 Å². The second kappa shape index (κ2) is 6.65. The maximum absolute atomic E-state index is 11.6. The van der Waals surface area contributed by atoms with Gasteiger partial charge in [-0.25, -0.2) is 9.59 Å². The maximum Gasteiger partial charge on any atom is 0.371 e. The molecule has 0 atom stereocenters. The molecule has 0 radical (unpaired) electrons. The Balaban J connectivity index is 2.48. The number of amides is 2. The molecule has 0 aliphatic carbocycles. The highest BCUT2D eigenvalue weighted by Gasteiger charge is 2.12. The van der Waals surface area contributed by atoms with Crippen molar-refractivity contribution in [3.05, 3.63) is 23.7 Å². The standard InChI is InChI=1S/C11H16N2O5/c1-2-13(5-6-14)11(17)12-7-8-3-4-9(18-8)10(15)16/h3-4,14H,2,5-7H2,1H3,(H,12,17)(H,15,16). The van der Waals surface area contributed by atoms with Crippen molar-refractivity contribution in [2.75, 3.05) is 19.7 Å². The van der Waals surface area contributed by atoms with Crippen LogP contribution in [0.15, 0.2) is 16.5 Å². The number of carboxylic acids is 1. The van der Waals surface area contributed by atoms with E-state index in [1.54, 1.807) is 6.92 Å². The Kier molecular flexibility index (Phi) is 5.19. The maximum atomic E-state index is 11.6. The first-order valence-corrected chi connectivity index (χ1v) is 5.54. The lowest BCUT2D eigenvalue weighted by Gasteiger charge is -2.19. The van der Waals surface area contributed by atoms with Crippen molar-refractivity contribution in [3.63, 3.8) is 0 Å². The Morgan fingerprint density at radius 3 is 2.67 bits per heavy atom. The van der Waals surface area contributed by atoms with E-state index < -0.39 is 5.97 Å². The molecule has 0 aliphatic heterocycles. The van der Waals surface area contributed by atoms with E-state index in [1.807, 2.05) is 0 Å². The Morgan fingerprint density at radius 2 is 2.17 bits per heavy atom. The van der Waals surface area contributed by atoms with Crippen LogP contribution in [0, 0.1) is 0 Å².